The summed E-state index contributed by atoms with van der Waals surface area (Å²) >= 11 is 17.8. The first kappa shape index (κ1) is 30.2. The highest BCUT2D eigenvalue weighted by atomic mass is 35.5. The fourth-order valence-electron chi connectivity index (χ4n) is 3.12. The van der Waals surface area contributed by atoms with Crippen LogP contribution in [0.1, 0.15) is 11.1 Å². The minimum atomic E-state index is -4.99. The van der Waals surface area contributed by atoms with E-state index in [1.54, 1.807) is 0 Å². The first-order valence-electron chi connectivity index (χ1n) is 9.62. The van der Waals surface area contributed by atoms with Crippen LogP contribution in [0, 0.1) is 0 Å². The number of hydrogen-bond acceptors (Lipinski definition) is 4. The number of benzene rings is 3. The SMILES string of the molecule is NC(=O)N(c1ccc(Cl)c(C(F)(F)F)c1)c1cc(C(F)(F)F)ccc1Sc1cc(Cl)c(Cl)cc1S(=O)(=O)O. The molecule has 3 aromatic rings. The monoisotopic (exact) mass is 638 g/mol. The predicted molar refractivity (Wildman–Crippen MR) is 130 cm³/mol. The number of hydrogen-bond donors (Lipinski definition) is 2. The number of anilines is 2. The highest BCUT2D eigenvalue weighted by Gasteiger charge is 2.36. The first-order valence-corrected chi connectivity index (χ1v) is 13.0. The molecule has 204 valence electrons. The third-order valence-electron chi connectivity index (χ3n) is 4.75. The summed E-state index contributed by atoms with van der Waals surface area (Å²) in [7, 11) is -4.94. The Morgan fingerprint density at radius 3 is 1.97 bits per heavy atom. The summed E-state index contributed by atoms with van der Waals surface area (Å²) in [5.41, 5.74) is 1.40. The van der Waals surface area contributed by atoms with Gasteiger partial charge in [-0.1, -0.05) is 46.6 Å². The van der Waals surface area contributed by atoms with Gasteiger partial charge in [0.1, 0.15) is 4.90 Å². The molecule has 0 fully saturated rings. The van der Waals surface area contributed by atoms with E-state index in [0.717, 1.165) is 30.3 Å². The van der Waals surface area contributed by atoms with Gasteiger partial charge in [0.05, 0.1) is 37.6 Å². The molecule has 0 radical (unpaired) electrons. The van der Waals surface area contributed by atoms with Gasteiger partial charge in [-0.3, -0.25) is 9.45 Å². The zero-order valence-electron chi connectivity index (χ0n) is 18.0. The summed E-state index contributed by atoms with van der Waals surface area (Å²) in [5, 5.41) is -1.23. The molecule has 0 atom stereocenters. The number of carbonyl (C=O) groups excluding carboxylic acids is 1. The quantitative estimate of drug-likeness (QED) is 0.216. The summed E-state index contributed by atoms with van der Waals surface area (Å²) in [6, 6.07) is 4.22. The Balaban J connectivity index is 2.32. The van der Waals surface area contributed by atoms with Gasteiger partial charge in [0.2, 0.25) is 0 Å². The highest BCUT2D eigenvalue weighted by molar-refractivity contribution is 8.00. The molecule has 17 heteroatoms. The lowest BCUT2D eigenvalue weighted by atomic mass is 10.1. The van der Waals surface area contributed by atoms with E-state index in [1.165, 1.54) is 0 Å². The normalized spacial score (nSPS) is 12.5. The average molecular weight is 640 g/mol. The molecule has 0 aliphatic rings. The summed E-state index contributed by atoms with van der Waals surface area (Å²) < 4.78 is 114. The zero-order chi connectivity index (χ0) is 28.8. The topological polar surface area (TPSA) is 101 Å². The number of nitrogens with two attached hydrogens (primary N) is 1. The van der Waals surface area contributed by atoms with Gasteiger partial charge in [0, 0.05) is 9.79 Å². The molecule has 0 bridgehead atoms. The lowest BCUT2D eigenvalue weighted by molar-refractivity contribution is -0.138. The molecule has 3 aromatic carbocycles. The van der Waals surface area contributed by atoms with E-state index >= 15 is 0 Å². The molecule has 0 aliphatic carbocycles. The van der Waals surface area contributed by atoms with Crippen molar-refractivity contribution in [1.29, 1.82) is 0 Å². The average Bonchev–Trinajstić information content (AvgIpc) is 2.75. The van der Waals surface area contributed by atoms with E-state index in [0.29, 0.717) is 34.9 Å². The fraction of sp³-hybridized carbons (Fsp3) is 0.0952. The van der Waals surface area contributed by atoms with Crippen LogP contribution in [-0.2, 0) is 22.5 Å². The first-order chi connectivity index (χ1) is 17.3. The maximum Gasteiger partial charge on any atom is 0.417 e. The van der Waals surface area contributed by atoms with Gasteiger partial charge in [0.15, 0.2) is 0 Å². The fourth-order valence-corrected chi connectivity index (χ4v) is 5.79. The lowest BCUT2D eigenvalue weighted by Gasteiger charge is -2.25. The van der Waals surface area contributed by atoms with E-state index in [2.05, 4.69) is 0 Å². The van der Waals surface area contributed by atoms with Crippen molar-refractivity contribution in [3.8, 4) is 0 Å². The molecule has 2 amide bonds. The molecule has 0 heterocycles. The molecule has 38 heavy (non-hydrogen) atoms. The summed E-state index contributed by atoms with van der Waals surface area (Å²) in [6.07, 6.45) is -9.95. The third kappa shape index (κ3) is 6.61. The number of amides is 2. The number of carbonyl (C=O) groups is 1. The number of nitrogens with zero attached hydrogens (tertiary/aromatic N) is 1. The van der Waals surface area contributed by atoms with Gasteiger partial charge >= 0.3 is 18.4 Å². The van der Waals surface area contributed by atoms with Gasteiger partial charge in [-0.25, -0.2) is 4.79 Å². The molecule has 3 rings (SSSR count). The molecular formula is C21H11Cl3F6N2O4S2. The largest absolute Gasteiger partial charge is 0.417 e. The minimum Gasteiger partial charge on any atom is -0.351 e. The van der Waals surface area contributed by atoms with E-state index in [-0.39, 0.29) is 19.8 Å². The Bertz CT molecular complexity index is 1530. The van der Waals surface area contributed by atoms with Crippen molar-refractivity contribution in [2.75, 3.05) is 4.90 Å². The standard InChI is InChI=1S/C21H11Cl3F6N2O4S2/c22-12-3-2-10(6-11(12)21(28,29)30)32(19(31)33)15-5-9(20(25,26)27)1-4-16(15)37-17-7-13(23)14(24)8-18(17)38(34,35)36/h1-8H,(H2,31,33)(H,34,35,36). The maximum absolute atomic E-state index is 13.5. The predicted octanol–water partition coefficient (Wildman–Crippen LogP) is 8.30. The van der Waals surface area contributed by atoms with E-state index in [4.69, 9.17) is 40.5 Å². The van der Waals surface area contributed by atoms with E-state index < -0.39 is 60.9 Å². The van der Waals surface area contributed by atoms with Crippen molar-refractivity contribution >= 4 is 74.1 Å². The van der Waals surface area contributed by atoms with Crippen molar-refractivity contribution in [3.05, 3.63) is 74.7 Å². The Morgan fingerprint density at radius 1 is 0.842 bits per heavy atom. The van der Waals surface area contributed by atoms with Crippen LogP contribution in [-0.4, -0.2) is 19.0 Å². The third-order valence-corrected chi connectivity index (χ3v) is 7.94. The lowest BCUT2D eigenvalue weighted by Crippen LogP contribution is -2.32. The Morgan fingerprint density at radius 2 is 1.45 bits per heavy atom. The molecular weight excluding hydrogens is 629 g/mol. The number of alkyl halides is 6. The van der Waals surface area contributed by atoms with Crippen LogP contribution >= 0.6 is 46.6 Å². The Kier molecular flexibility index (Phi) is 8.47. The Labute approximate surface area is 230 Å². The molecule has 0 unspecified atom stereocenters. The number of urea groups is 1. The number of rotatable bonds is 5. The van der Waals surface area contributed by atoms with Crippen LogP contribution in [0.3, 0.4) is 0 Å². The van der Waals surface area contributed by atoms with Crippen LogP contribution in [0.15, 0.2) is 63.2 Å². The molecule has 0 aromatic heterocycles. The van der Waals surface area contributed by atoms with Crippen LogP contribution in [0.2, 0.25) is 15.1 Å². The minimum absolute atomic E-state index is 0.200. The molecule has 6 nitrogen and oxygen atoms in total. The number of primary amides is 1. The van der Waals surface area contributed by atoms with E-state index in [1.807, 2.05) is 0 Å². The second kappa shape index (κ2) is 10.7. The summed E-state index contributed by atoms with van der Waals surface area (Å²) in [4.78, 5) is 11.4. The molecule has 0 saturated carbocycles. The van der Waals surface area contributed by atoms with Gasteiger partial charge < -0.3 is 5.73 Å². The molecule has 0 aliphatic heterocycles. The smallest absolute Gasteiger partial charge is 0.351 e. The van der Waals surface area contributed by atoms with E-state index in [9.17, 15) is 44.1 Å². The number of halogens is 9. The van der Waals surface area contributed by atoms with Crippen molar-refractivity contribution < 1.29 is 44.1 Å². The van der Waals surface area contributed by atoms with Gasteiger partial charge in [-0.2, -0.15) is 34.8 Å². The van der Waals surface area contributed by atoms with Crippen LogP contribution < -0.4 is 10.6 Å². The van der Waals surface area contributed by atoms with Crippen molar-refractivity contribution in [1.82, 2.24) is 0 Å². The van der Waals surface area contributed by atoms with Gasteiger partial charge in [-0.05, 0) is 48.5 Å². The van der Waals surface area contributed by atoms with Crippen molar-refractivity contribution in [2.24, 2.45) is 5.73 Å². The zero-order valence-corrected chi connectivity index (χ0v) is 21.9. The van der Waals surface area contributed by atoms with Crippen molar-refractivity contribution in [2.45, 2.75) is 27.0 Å². The molecule has 0 saturated heterocycles. The second-order valence-electron chi connectivity index (χ2n) is 7.31. The highest BCUT2D eigenvalue weighted by Crippen LogP contribution is 2.46. The van der Waals surface area contributed by atoms with Crippen LogP contribution in [0.4, 0.5) is 42.5 Å². The van der Waals surface area contributed by atoms with Gasteiger partial charge in [0.25, 0.3) is 10.1 Å². The second-order valence-corrected chi connectivity index (χ2v) is 11.0. The summed E-state index contributed by atoms with van der Waals surface area (Å²) in [5.74, 6) is 0. The maximum atomic E-state index is 13.5. The van der Waals surface area contributed by atoms with Gasteiger partial charge in [-0.15, -0.1) is 0 Å². The molecule has 3 N–H and O–H groups in total. The molecule has 0 spiro atoms. The Hall–Kier alpha value is -2.36. The van der Waals surface area contributed by atoms with Crippen molar-refractivity contribution in [3.63, 3.8) is 0 Å². The summed E-state index contributed by atoms with van der Waals surface area (Å²) in [6.45, 7) is 0. The van der Waals surface area contributed by atoms with Crippen LogP contribution in [0.5, 0.6) is 0 Å². The van der Waals surface area contributed by atoms with Crippen LogP contribution in [0.25, 0.3) is 0 Å².